The first-order chi connectivity index (χ1) is 15.5. The summed E-state index contributed by atoms with van der Waals surface area (Å²) >= 11 is 1.06. The van der Waals surface area contributed by atoms with Crippen LogP contribution in [0.5, 0.6) is 0 Å². The van der Waals surface area contributed by atoms with Crippen molar-refractivity contribution in [3.05, 3.63) is 0 Å². The number of hydrogen-bond acceptors (Lipinski definition) is 0. The van der Waals surface area contributed by atoms with Crippen LogP contribution in [0.1, 0.15) is 58.8 Å². The second-order valence-corrected chi connectivity index (χ2v) is 11.0. The topological polar surface area (TPSA) is 0 Å². The summed E-state index contributed by atoms with van der Waals surface area (Å²) in [5, 5.41) is 0. The summed E-state index contributed by atoms with van der Waals surface area (Å²) in [5.41, 5.74) is 0. The molecule has 18 heteroatoms. The number of rotatable bonds is 14. The Hall–Kier alpha value is -0.460. The van der Waals surface area contributed by atoms with Gasteiger partial charge in [0.15, 0.2) is 0 Å². The van der Waals surface area contributed by atoms with Gasteiger partial charge in [0.25, 0.3) is 0 Å². The van der Waals surface area contributed by atoms with Gasteiger partial charge in [0.1, 0.15) is 0 Å². The van der Waals surface area contributed by atoms with Crippen molar-refractivity contribution in [3.8, 4) is 0 Å². The van der Waals surface area contributed by atoms with Gasteiger partial charge in [-0.05, 0) is 6.42 Å². The number of alkyl halides is 18. The van der Waals surface area contributed by atoms with Crippen molar-refractivity contribution in [1.29, 1.82) is 0 Å². The Labute approximate surface area is 207 Å². The molecule has 0 spiro atoms. The molecule has 0 aromatic heterocycles. The molecule has 0 heterocycles. The van der Waals surface area contributed by atoms with Crippen molar-refractivity contribution in [2.75, 3.05) is 0 Å². The van der Waals surface area contributed by atoms with E-state index in [0.29, 0.717) is 19.3 Å². The first-order valence-corrected chi connectivity index (χ1v) is 11.0. The fourth-order valence-electron chi connectivity index (χ4n) is 2.96. The van der Waals surface area contributed by atoms with E-state index in [0.717, 1.165) is 35.9 Å². The van der Waals surface area contributed by atoms with E-state index in [2.05, 4.69) is 0 Å². The molecule has 0 aliphatic carbocycles. The van der Waals surface area contributed by atoms with Crippen LogP contribution in [0.3, 0.4) is 0 Å². The number of hydrogen-bond donors (Lipinski definition) is 0. The van der Waals surface area contributed by atoms with Crippen LogP contribution in [-0.4, -0.2) is 51.1 Å². The Bertz CT molecular complexity index is 724. The lowest BCUT2D eigenvalue weighted by molar-refractivity contribution is -0.462. The molecule has 0 aromatic carbocycles. The lowest BCUT2D eigenvalue weighted by atomic mass is 9.85. The predicted octanol–water partition coefficient (Wildman–Crippen LogP) is 9.94. The van der Waals surface area contributed by atoms with Crippen LogP contribution in [0.2, 0.25) is 0 Å². The molecule has 218 valence electrons. The van der Waals surface area contributed by atoms with Gasteiger partial charge < -0.3 is 0 Å². The first kappa shape index (κ1) is 35.5. The van der Waals surface area contributed by atoms with Crippen LogP contribution in [-0.2, 0) is 0 Å². The zero-order valence-electron chi connectivity index (χ0n) is 18.3. The molecule has 0 rings (SSSR count). The van der Waals surface area contributed by atoms with E-state index < -0.39 is 63.9 Å². The Morgan fingerprint density at radius 1 is 0.472 bits per heavy atom. The Morgan fingerprint density at radius 2 is 0.806 bits per heavy atom. The number of halogens is 18. The van der Waals surface area contributed by atoms with Crippen molar-refractivity contribution >= 4 is 22.6 Å². The van der Waals surface area contributed by atoms with Gasteiger partial charge in [-0.25, -0.2) is 0 Å². The fourth-order valence-corrected chi connectivity index (χ4v) is 3.82. The van der Waals surface area contributed by atoms with E-state index in [4.69, 9.17) is 0 Å². The highest BCUT2D eigenvalue weighted by Gasteiger charge is 2.95. The molecular formula is C18H20F17I. The average Bonchev–Trinajstić information content (AvgIpc) is 2.65. The van der Waals surface area contributed by atoms with Gasteiger partial charge in [-0.3, -0.25) is 0 Å². The van der Waals surface area contributed by atoms with Crippen LogP contribution in [0.4, 0.5) is 74.6 Å². The third kappa shape index (κ3) is 6.06. The molecule has 0 aromatic rings. The molecule has 0 N–H and O–H groups in total. The second-order valence-electron chi connectivity index (χ2n) is 8.40. The lowest BCUT2D eigenvalue weighted by Gasteiger charge is -2.43. The standard InChI is InChI=1S/C18H20F17I/c1-3-4-5-6-7-8-10(2,36)9-11(19,20)12(21,22)13(23,24)14(25,26)15(27,28)16(29,30)17(31,32)18(33,34)35/h3-9H2,1-2H3. The summed E-state index contributed by atoms with van der Waals surface area (Å²) in [6.45, 7) is 2.57. The van der Waals surface area contributed by atoms with E-state index in [1.165, 1.54) is 0 Å². The Morgan fingerprint density at radius 3 is 1.17 bits per heavy atom. The third-order valence-electron chi connectivity index (χ3n) is 5.18. The maximum atomic E-state index is 14.1. The van der Waals surface area contributed by atoms with E-state index in [-0.39, 0.29) is 6.42 Å². The summed E-state index contributed by atoms with van der Waals surface area (Å²) < 4.78 is 224. The normalized spacial score (nSPS) is 17.3. The van der Waals surface area contributed by atoms with E-state index in [9.17, 15) is 74.6 Å². The molecule has 0 amide bonds. The highest BCUT2D eigenvalue weighted by molar-refractivity contribution is 14.1. The van der Waals surface area contributed by atoms with Gasteiger partial charge in [-0.15, -0.1) is 0 Å². The van der Waals surface area contributed by atoms with Crippen LogP contribution in [0.15, 0.2) is 0 Å². The van der Waals surface area contributed by atoms with Crippen molar-refractivity contribution in [2.24, 2.45) is 0 Å². The molecule has 0 nitrogen and oxygen atoms in total. The summed E-state index contributed by atoms with van der Waals surface area (Å²) in [4.78, 5) is 0. The van der Waals surface area contributed by atoms with Crippen molar-refractivity contribution in [2.45, 2.75) is 110 Å². The van der Waals surface area contributed by atoms with Gasteiger partial charge in [-0.2, -0.15) is 74.6 Å². The Balaban J connectivity index is 6.28. The van der Waals surface area contributed by atoms with Crippen LogP contribution in [0, 0.1) is 0 Å². The molecule has 0 saturated carbocycles. The summed E-state index contributed by atoms with van der Waals surface area (Å²) in [5.74, 6) is -55.9. The summed E-state index contributed by atoms with van der Waals surface area (Å²) in [7, 11) is 0. The highest BCUT2D eigenvalue weighted by Crippen LogP contribution is 2.64. The minimum atomic E-state index is -8.59. The van der Waals surface area contributed by atoms with Crippen LogP contribution >= 0.6 is 22.6 Å². The molecule has 0 fully saturated rings. The smallest absolute Gasteiger partial charge is 0.200 e. The van der Waals surface area contributed by atoms with Crippen molar-refractivity contribution in [1.82, 2.24) is 0 Å². The molecule has 0 aliphatic heterocycles. The molecule has 0 radical (unpaired) electrons. The molecule has 0 aliphatic rings. The van der Waals surface area contributed by atoms with E-state index >= 15 is 0 Å². The van der Waals surface area contributed by atoms with Crippen LogP contribution < -0.4 is 0 Å². The van der Waals surface area contributed by atoms with Gasteiger partial charge in [-0.1, -0.05) is 68.5 Å². The summed E-state index contributed by atoms with van der Waals surface area (Å²) in [6.07, 6.45) is -8.20. The second kappa shape index (κ2) is 10.6. The quantitative estimate of drug-likeness (QED) is 0.0739. The zero-order valence-corrected chi connectivity index (χ0v) is 20.4. The molecule has 1 unspecified atom stereocenters. The SMILES string of the molecule is CCCCCCCC(C)(I)CC(F)(F)C(F)(F)C(F)(F)C(F)(F)C(F)(F)C(F)(F)C(F)(F)C(F)(F)F. The minimum absolute atomic E-state index is 0.0461. The zero-order chi connectivity index (χ0) is 29.4. The monoisotopic (exact) mass is 686 g/mol. The maximum Gasteiger partial charge on any atom is 0.460 e. The average molecular weight is 686 g/mol. The number of unbranched alkanes of at least 4 members (excludes halogenated alkanes) is 4. The van der Waals surface area contributed by atoms with Crippen LogP contribution in [0.25, 0.3) is 0 Å². The molecule has 0 bridgehead atoms. The highest BCUT2D eigenvalue weighted by atomic mass is 127. The largest absolute Gasteiger partial charge is 0.460 e. The third-order valence-corrected chi connectivity index (χ3v) is 6.10. The molecule has 36 heavy (non-hydrogen) atoms. The molecule has 0 saturated heterocycles. The lowest BCUT2D eigenvalue weighted by Crippen LogP contribution is -2.74. The first-order valence-electron chi connectivity index (χ1n) is 9.92. The molecular weight excluding hydrogens is 666 g/mol. The predicted molar refractivity (Wildman–Crippen MR) is 101 cm³/mol. The maximum absolute atomic E-state index is 14.1. The van der Waals surface area contributed by atoms with Gasteiger partial charge in [0, 0.05) is 9.84 Å². The van der Waals surface area contributed by atoms with Gasteiger partial charge in [0.05, 0.1) is 0 Å². The minimum Gasteiger partial charge on any atom is -0.200 e. The van der Waals surface area contributed by atoms with Gasteiger partial charge >= 0.3 is 47.6 Å². The molecule has 1 atom stereocenters. The summed E-state index contributed by atoms with van der Waals surface area (Å²) in [6, 6.07) is 0. The fraction of sp³-hybridized carbons (Fsp3) is 1.00. The van der Waals surface area contributed by atoms with Crippen molar-refractivity contribution < 1.29 is 74.6 Å². The van der Waals surface area contributed by atoms with E-state index in [1.807, 2.05) is 0 Å². The Kier molecular flexibility index (Phi) is 10.5. The van der Waals surface area contributed by atoms with Gasteiger partial charge in [0.2, 0.25) is 0 Å². The van der Waals surface area contributed by atoms with Crippen molar-refractivity contribution in [3.63, 3.8) is 0 Å². The van der Waals surface area contributed by atoms with E-state index in [1.54, 1.807) is 6.92 Å².